The van der Waals surface area contributed by atoms with E-state index < -0.39 is 0 Å². The van der Waals surface area contributed by atoms with Gasteiger partial charge in [0.1, 0.15) is 12.4 Å². The van der Waals surface area contributed by atoms with Crippen molar-refractivity contribution in [3.05, 3.63) is 29.8 Å². The maximum Gasteiger partial charge on any atom is 0.119 e. The molecule has 0 aromatic heterocycles. The van der Waals surface area contributed by atoms with Crippen molar-refractivity contribution in [1.29, 1.82) is 0 Å². The first-order valence-electron chi connectivity index (χ1n) is 7.67. The van der Waals surface area contributed by atoms with E-state index in [0.29, 0.717) is 25.2 Å². The van der Waals surface area contributed by atoms with Crippen LogP contribution in [0.15, 0.2) is 24.3 Å². The Hall–Kier alpha value is -1.06. The van der Waals surface area contributed by atoms with Gasteiger partial charge in [0.15, 0.2) is 0 Å². The first-order chi connectivity index (χ1) is 9.63. The average Bonchev–Trinajstić information content (AvgIpc) is 2.44. The molecule has 0 aliphatic heterocycles. The summed E-state index contributed by atoms with van der Waals surface area (Å²) in [6, 6.07) is 8.69. The quantitative estimate of drug-likeness (QED) is 0.661. The summed E-state index contributed by atoms with van der Waals surface area (Å²) < 4.78 is 11.1. The highest BCUT2D eigenvalue weighted by molar-refractivity contribution is 5.28. The van der Waals surface area contributed by atoms with Crippen LogP contribution in [0.25, 0.3) is 0 Å². The first-order valence-corrected chi connectivity index (χ1v) is 7.67. The fourth-order valence-electron chi connectivity index (χ4n) is 1.87. The Balaban J connectivity index is 2.28. The monoisotopic (exact) mass is 279 g/mol. The van der Waals surface area contributed by atoms with E-state index in [2.05, 4.69) is 45.1 Å². The summed E-state index contributed by atoms with van der Waals surface area (Å²) in [5, 5.41) is 3.48. The Bertz CT molecular complexity index is 349. The second-order valence-electron chi connectivity index (χ2n) is 5.56. The summed E-state index contributed by atoms with van der Waals surface area (Å²) in [6.45, 7) is 11.8. The first kappa shape index (κ1) is 17.0. The van der Waals surface area contributed by atoms with Gasteiger partial charge < -0.3 is 14.8 Å². The minimum absolute atomic E-state index is 0.387. The number of hydrogen-bond donors (Lipinski definition) is 1. The molecule has 114 valence electrons. The van der Waals surface area contributed by atoms with Crippen LogP contribution in [0.2, 0.25) is 0 Å². The standard InChI is InChI=1S/C17H29NO2/c1-5-10-18-15(4)16-6-8-17(9-7-16)20-12-11-19-13-14(2)3/h6-9,14-15,18H,5,10-13H2,1-4H3. The number of nitrogens with one attached hydrogen (secondary N) is 1. The molecule has 1 unspecified atom stereocenters. The molecule has 0 radical (unpaired) electrons. The highest BCUT2D eigenvalue weighted by atomic mass is 16.5. The minimum atomic E-state index is 0.387. The molecule has 1 N–H and O–H groups in total. The molecule has 1 atom stereocenters. The zero-order valence-corrected chi connectivity index (χ0v) is 13.3. The normalized spacial score (nSPS) is 12.7. The van der Waals surface area contributed by atoms with Gasteiger partial charge in [-0.3, -0.25) is 0 Å². The van der Waals surface area contributed by atoms with Gasteiger partial charge in [0.2, 0.25) is 0 Å². The molecule has 3 heteroatoms. The summed E-state index contributed by atoms with van der Waals surface area (Å²) in [4.78, 5) is 0. The zero-order chi connectivity index (χ0) is 14.8. The predicted octanol–water partition coefficient (Wildman–Crippen LogP) is 3.80. The Morgan fingerprint density at radius 3 is 2.35 bits per heavy atom. The molecule has 1 aromatic rings. The van der Waals surface area contributed by atoms with Crippen LogP contribution in [0.4, 0.5) is 0 Å². The second kappa shape index (κ2) is 9.78. The highest BCUT2D eigenvalue weighted by Crippen LogP contribution is 2.17. The summed E-state index contributed by atoms with van der Waals surface area (Å²) in [6.07, 6.45) is 1.15. The highest BCUT2D eigenvalue weighted by Gasteiger charge is 2.04. The maximum absolute atomic E-state index is 5.66. The Labute approximate surface area is 123 Å². The van der Waals surface area contributed by atoms with E-state index in [0.717, 1.165) is 25.3 Å². The Kier molecular flexibility index (Phi) is 8.31. The molecule has 0 saturated heterocycles. The third kappa shape index (κ3) is 6.92. The number of rotatable bonds is 10. The van der Waals surface area contributed by atoms with Crippen LogP contribution in [-0.4, -0.2) is 26.4 Å². The molecule has 0 spiro atoms. The average molecular weight is 279 g/mol. The van der Waals surface area contributed by atoms with Crippen molar-refractivity contribution in [3.8, 4) is 5.75 Å². The maximum atomic E-state index is 5.66. The van der Waals surface area contributed by atoms with Gasteiger partial charge in [-0.1, -0.05) is 32.9 Å². The molecule has 0 amide bonds. The van der Waals surface area contributed by atoms with Gasteiger partial charge in [-0.15, -0.1) is 0 Å². The zero-order valence-electron chi connectivity index (χ0n) is 13.3. The predicted molar refractivity (Wildman–Crippen MR) is 84.3 cm³/mol. The molecule has 20 heavy (non-hydrogen) atoms. The van der Waals surface area contributed by atoms with Gasteiger partial charge >= 0.3 is 0 Å². The fourth-order valence-corrected chi connectivity index (χ4v) is 1.87. The lowest BCUT2D eigenvalue weighted by atomic mass is 10.1. The molecule has 0 heterocycles. The summed E-state index contributed by atoms with van der Waals surface area (Å²) in [5.74, 6) is 1.48. The van der Waals surface area contributed by atoms with Crippen molar-refractivity contribution in [1.82, 2.24) is 5.32 Å². The topological polar surface area (TPSA) is 30.5 Å². The Morgan fingerprint density at radius 1 is 1.05 bits per heavy atom. The smallest absolute Gasteiger partial charge is 0.119 e. The molecular formula is C17H29NO2. The molecule has 1 aromatic carbocycles. The van der Waals surface area contributed by atoms with Gasteiger partial charge in [-0.05, 0) is 43.5 Å². The van der Waals surface area contributed by atoms with E-state index in [1.165, 1.54) is 5.56 Å². The molecule has 0 saturated carbocycles. The van der Waals surface area contributed by atoms with Gasteiger partial charge in [0.25, 0.3) is 0 Å². The van der Waals surface area contributed by atoms with Crippen LogP contribution >= 0.6 is 0 Å². The second-order valence-corrected chi connectivity index (χ2v) is 5.56. The van der Waals surface area contributed by atoms with Gasteiger partial charge in [0, 0.05) is 12.6 Å². The van der Waals surface area contributed by atoms with Crippen LogP contribution in [-0.2, 0) is 4.74 Å². The number of ether oxygens (including phenoxy) is 2. The molecule has 0 bridgehead atoms. The third-order valence-corrected chi connectivity index (χ3v) is 3.03. The van der Waals surface area contributed by atoms with E-state index >= 15 is 0 Å². The van der Waals surface area contributed by atoms with Crippen LogP contribution in [0, 0.1) is 5.92 Å². The largest absolute Gasteiger partial charge is 0.491 e. The summed E-state index contributed by atoms with van der Waals surface area (Å²) in [5.41, 5.74) is 1.29. The molecule has 1 rings (SSSR count). The van der Waals surface area contributed by atoms with Crippen LogP contribution in [0.5, 0.6) is 5.75 Å². The van der Waals surface area contributed by atoms with Crippen molar-refractivity contribution in [2.24, 2.45) is 5.92 Å². The summed E-state index contributed by atoms with van der Waals surface area (Å²) in [7, 11) is 0. The van der Waals surface area contributed by atoms with Gasteiger partial charge in [-0.25, -0.2) is 0 Å². The van der Waals surface area contributed by atoms with E-state index in [-0.39, 0.29) is 0 Å². The third-order valence-electron chi connectivity index (χ3n) is 3.03. The number of benzene rings is 1. The molecule has 0 aliphatic rings. The van der Waals surface area contributed by atoms with Crippen LogP contribution in [0.3, 0.4) is 0 Å². The molecule has 0 aliphatic carbocycles. The summed E-state index contributed by atoms with van der Waals surface area (Å²) >= 11 is 0. The SMILES string of the molecule is CCCNC(C)c1ccc(OCCOCC(C)C)cc1. The lowest BCUT2D eigenvalue weighted by Crippen LogP contribution is -2.19. The van der Waals surface area contributed by atoms with Crippen molar-refractivity contribution in [2.45, 2.75) is 40.2 Å². The van der Waals surface area contributed by atoms with Gasteiger partial charge in [0.05, 0.1) is 6.61 Å². The molecule has 0 fully saturated rings. The van der Waals surface area contributed by atoms with Crippen molar-refractivity contribution >= 4 is 0 Å². The van der Waals surface area contributed by atoms with Crippen LogP contribution < -0.4 is 10.1 Å². The van der Waals surface area contributed by atoms with Gasteiger partial charge in [-0.2, -0.15) is 0 Å². The molecular weight excluding hydrogens is 250 g/mol. The minimum Gasteiger partial charge on any atom is -0.491 e. The lowest BCUT2D eigenvalue weighted by Gasteiger charge is -2.14. The van der Waals surface area contributed by atoms with Crippen molar-refractivity contribution in [3.63, 3.8) is 0 Å². The van der Waals surface area contributed by atoms with E-state index in [1.54, 1.807) is 0 Å². The van der Waals surface area contributed by atoms with E-state index in [9.17, 15) is 0 Å². The van der Waals surface area contributed by atoms with E-state index in [1.807, 2.05) is 12.1 Å². The fraction of sp³-hybridized carbons (Fsp3) is 0.647. The number of hydrogen-bond acceptors (Lipinski definition) is 3. The molecule has 3 nitrogen and oxygen atoms in total. The van der Waals surface area contributed by atoms with E-state index in [4.69, 9.17) is 9.47 Å². The van der Waals surface area contributed by atoms with Crippen molar-refractivity contribution in [2.75, 3.05) is 26.4 Å². The van der Waals surface area contributed by atoms with Crippen LogP contribution in [0.1, 0.15) is 45.7 Å². The van der Waals surface area contributed by atoms with Crippen molar-refractivity contribution < 1.29 is 9.47 Å². The lowest BCUT2D eigenvalue weighted by molar-refractivity contribution is 0.0819. The Morgan fingerprint density at radius 2 is 1.75 bits per heavy atom.